The minimum absolute atomic E-state index is 0. The Bertz CT molecular complexity index is 821. The van der Waals surface area contributed by atoms with Gasteiger partial charge in [-0.1, -0.05) is 60.4 Å². The van der Waals surface area contributed by atoms with E-state index in [0.717, 1.165) is 29.2 Å². The summed E-state index contributed by atoms with van der Waals surface area (Å²) in [7, 11) is 0. The molecule has 0 amide bonds. The van der Waals surface area contributed by atoms with Crippen LogP contribution in [0.15, 0.2) is 84.9 Å². The van der Waals surface area contributed by atoms with Crippen LogP contribution < -0.4 is 22.9 Å². The molecule has 3 heteroatoms. The van der Waals surface area contributed by atoms with E-state index in [4.69, 9.17) is 4.74 Å². The number of quaternary nitrogens is 1. The summed E-state index contributed by atoms with van der Waals surface area (Å²) in [5.41, 5.74) is 6.22. The molecular formula is C22H20ClNO. The van der Waals surface area contributed by atoms with Crippen molar-refractivity contribution >= 4 is 0 Å². The van der Waals surface area contributed by atoms with Gasteiger partial charge in [0.1, 0.15) is 11.5 Å². The van der Waals surface area contributed by atoms with E-state index in [9.17, 15) is 0 Å². The number of benzene rings is 3. The fourth-order valence-electron chi connectivity index (χ4n) is 2.41. The first-order chi connectivity index (χ1) is 11.8. The van der Waals surface area contributed by atoms with Crippen LogP contribution in [0.25, 0.3) is 0 Å². The molecule has 3 rings (SSSR count). The van der Waals surface area contributed by atoms with Crippen molar-refractivity contribution in [2.75, 3.05) is 6.54 Å². The van der Waals surface area contributed by atoms with Crippen molar-refractivity contribution in [1.82, 2.24) is 0 Å². The van der Waals surface area contributed by atoms with Crippen molar-refractivity contribution in [3.8, 4) is 23.3 Å². The summed E-state index contributed by atoms with van der Waals surface area (Å²) in [6, 6.07) is 27.9. The lowest BCUT2D eigenvalue weighted by Gasteiger charge is -2.09. The molecule has 0 spiro atoms. The molecule has 0 fully saturated rings. The summed E-state index contributed by atoms with van der Waals surface area (Å²) < 4.78 is 5.82. The Morgan fingerprint density at radius 3 is 1.92 bits per heavy atom. The normalized spacial score (nSPS) is 10.8. The van der Waals surface area contributed by atoms with Gasteiger partial charge in [0.15, 0.2) is 0 Å². The lowest BCUT2D eigenvalue weighted by Crippen LogP contribution is -3.00. The average molecular weight is 350 g/mol. The highest BCUT2D eigenvalue weighted by Gasteiger charge is 2.08. The van der Waals surface area contributed by atoms with Gasteiger partial charge in [0.2, 0.25) is 0 Å². The van der Waals surface area contributed by atoms with Crippen LogP contribution >= 0.6 is 0 Å². The highest BCUT2D eigenvalue weighted by Crippen LogP contribution is 2.23. The van der Waals surface area contributed by atoms with Crippen LogP contribution in [0.4, 0.5) is 0 Å². The molecule has 0 saturated carbocycles. The maximum Gasteiger partial charge on any atom is 0.127 e. The third kappa shape index (κ3) is 5.39. The lowest BCUT2D eigenvalue weighted by atomic mass is 9.99. The van der Waals surface area contributed by atoms with Gasteiger partial charge in [0.05, 0.1) is 12.5 Å². The minimum atomic E-state index is 0. The van der Waals surface area contributed by atoms with E-state index in [2.05, 4.69) is 29.7 Å². The van der Waals surface area contributed by atoms with Crippen LogP contribution in [-0.2, 0) is 0 Å². The molecule has 1 atom stereocenters. The van der Waals surface area contributed by atoms with Crippen molar-refractivity contribution in [3.63, 3.8) is 0 Å². The number of rotatable bonds is 4. The summed E-state index contributed by atoms with van der Waals surface area (Å²) in [4.78, 5) is 0. The largest absolute Gasteiger partial charge is 1.00 e. The summed E-state index contributed by atoms with van der Waals surface area (Å²) in [5, 5.41) is 0. The van der Waals surface area contributed by atoms with Crippen LogP contribution in [-0.4, -0.2) is 6.54 Å². The van der Waals surface area contributed by atoms with E-state index >= 15 is 0 Å². The van der Waals surface area contributed by atoms with E-state index in [1.54, 1.807) is 0 Å². The third-order valence-corrected chi connectivity index (χ3v) is 3.71. The van der Waals surface area contributed by atoms with Crippen molar-refractivity contribution in [1.29, 1.82) is 0 Å². The van der Waals surface area contributed by atoms with Gasteiger partial charge < -0.3 is 22.9 Å². The molecule has 3 N–H and O–H groups in total. The number of halogens is 1. The molecule has 0 aliphatic heterocycles. The van der Waals surface area contributed by atoms with Crippen LogP contribution in [0.1, 0.15) is 17.0 Å². The SMILES string of the molecule is [Cl-].[NH3+]CC(C#Cc1ccccc1)c1ccc(Oc2ccccc2)cc1. The first kappa shape index (κ1) is 18.6. The van der Waals surface area contributed by atoms with Gasteiger partial charge >= 0.3 is 0 Å². The maximum atomic E-state index is 5.82. The van der Waals surface area contributed by atoms with Crippen LogP contribution in [0.5, 0.6) is 11.5 Å². The molecule has 25 heavy (non-hydrogen) atoms. The van der Waals surface area contributed by atoms with E-state index in [1.165, 1.54) is 0 Å². The van der Waals surface area contributed by atoms with Crippen molar-refractivity contribution in [2.45, 2.75) is 5.92 Å². The Kier molecular flexibility index (Phi) is 7.10. The molecule has 126 valence electrons. The van der Waals surface area contributed by atoms with Crippen LogP contribution in [0, 0.1) is 11.8 Å². The van der Waals surface area contributed by atoms with E-state index in [-0.39, 0.29) is 18.3 Å². The summed E-state index contributed by atoms with van der Waals surface area (Å²) >= 11 is 0. The topological polar surface area (TPSA) is 36.9 Å². The first-order valence-electron chi connectivity index (χ1n) is 8.04. The molecule has 0 aliphatic rings. The molecular weight excluding hydrogens is 330 g/mol. The summed E-state index contributed by atoms with van der Waals surface area (Å²) in [6.07, 6.45) is 0. The molecule has 3 aromatic rings. The minimum Gasteiger partial charge on any atom is -1.00 e. The highest BCUT2D eigenvalue weighted by atomic mass is 35.5. The van der Waals surface area contributed by atoms with Gasteiger partial charge in [0.25, 0.3) is 0 Å². The smallest absolute Gasteiger partial charge is 0.127 e. The molecule has 2 nitrogen and oxygen atoms in total. The Hall–Kier alpha value is -2.73. The molecule has 0 aromatic heterocycles. The first-order valence-corrected chi connectivity index (χ1v) is 8.04. The fraction of sp³-hybridized carbons (Fsp3) is 0.0909. The zero-order valence-corrected chi connectivity index (χ0v) is 14.6. The van der Waals surface area contributed by atoms with E-state index < -0.39 is 0 Å². The van der Waals surface area contributed by atoms with E-state index in [1.807, 2.05) is 72.8 Å². The quantitative estimate of drug-likeness (QED) is 0.697. The average Bonchev–Trinajstić information content (AvgIpc) is 2.65. The van der Waals surface area contributed by atoms with Gasteiger partial charge in [-0.2, -0.15) is 0 Å². The second kappa shape index (κ2) is 9.54. The molecule has 0 aliphatic carbocycles. The zero-order chi connectivity index (χ0) is 16.6. The van der Waals surface area contributed by atoms with Crippen LogP contribution in [0.2, 0.25) is 0 Å². The lowest BCUT2D eigenvalue weighted by molar-refractivity contribution is -0.369. The number of ether oxygens (including phenoxy) is 1. The highest BCUT2D eigenvalue weighted by molar-refractivity contribution is 5.40. The summed E-state index contributed by atoms with van der Waals surface area (Å²) in [6.45, 7) is 0.735. The Morgan fingerprint density at radius 2 is 1.32 bits per heavy atom. The third-order valence-electron chi connectivity index (χ3n) is 3.71. The van der Waals surface area contributed by atoms with Gasteiger partial charge in [-0.15, -0.1) is 0 Å². The summed E-state index contributed by atoms with van der Waals surface area (Å²) in [5.74, 6) is 8.33. The van der Waals surface area contributed by atoms with Gasteiger partial charge in [-0.05, 0) is 42.0 Å². The molecule has 0 radical (unpaired) electrons. The fourth-order valence-corrected chi connectivity index (χ4v) is 2.41. The monoisotopic (exact) mass is 349 g/mol. The standard InChI is InChI=1S/C22H19NO.ClH/c23-17-20(12-11-18-7-3-1-4-8-18)19-13-15-22(16-14-19)24-21-9-5-2-6-10-21;/h1-10,13-16,20H,17,23H2;1H. The predicted octanol–water partition coefficient (Wildman–Crippen LogP) is 0.860. The molecule has 0 heterocycles. The Morgan fingerprint density at radius 1 is 0.760 bits per heavy atom. The van der Waals surface area contributed by atoms with Crippen molar-refractivity contribution in [3.05, 3.63) is 96.1 Å². The maximum absolute atomic E-state index is 5.82. The second-order valence-corrected chi connectivity index (χ2v) is 5.46. The molecule has 3 aromatic carbocycles. The molecule has 1 unspecified atom stereocenters. The second-order valence-electron chi connectivity index (χ2n) is 5.46. The molecule has 0 saturated heterocycles. The van der Waals surface area contributed by atoms with E-state index in [0.29, 0.717) is 0 Å². The van der Waals surface area contributed by atoms with Gasteiger partial charge in [0, 0.05) is 5.56 Å². The zero-order valence-electron chi connectivity index (χ0n) is 13.9. The van der Waals surface area contributed by atoms with Crippen molar-refractivity contribution in [2.24, 2.45) is 0 Å². The number of hydrogen-bond acceptors (Lipinski definition) is 1. The Balaban J connectivity index is 0.00000225. The number of hydrogen-bond donors (Lipinski definition) is 1. The van der Waals surface area contributed by atoms with Crippen molar-refractivity contribution < 1.29 is 22.9 Å². The van der Waals surface area contributed by atoms with Gasteiger partial charge in [-0.25, -0.2) is 0 Å². The van der Waals surface area contributed by atoms with Gasteiger partial charge in [-0.3, -0.25) is 0 Å². The van der Waals surface area contributed by atoms with Crippen LogP contribution in [0.3, 0.4) is 0 Å². The number of para-hydroxylation sites is 1. The Labute approximate surface area is 155 Å². The molecule has 0 bridgehead atoms. The predicted molar refractivity (Wildman–Crippen MR) is 96.8 cm³/mol.